The van der Waals surface area contributed by atoms with E-state index in [1.54, 1.807) is 0 Å². The fourth-order valence-corrected chi connectivity index (χ4v) is 2.23. The van der Waals surface area contributed by atoms with Gasteiger partial charge in [-0.2, -0.15) is 52.7 Å². The first-order valence-corrected chi connectivity index (χ1v) is 7.76. The third kappa shape index (κ3) is 5.97. The van der Waals surface area contributed by atoms with E-state index in [4.69, 9.17) is 0 Å². The zero-order valence-corrected chi connectivity index (χ0v) is 14.7. The quantitative estimate of drug-likeness (QED) is 0.253. The van der Waals surface area contributed by atoms with Gasteiger partial charge in [0.05, 0.1) is 22.3 Å². The van der Waals surface area contributed by atoms with Crippen molar-refractivity contribution < 1.29 is 67.0 Å². The molecule has 0 atom stereocenters. The van der Waals surface area contributed by atoms with Gasteiger partial charge in [0, 0.05) is 0 Å². The molecule has 0 aliphatic carbocycles. The summed E-state index contributed by atoms with van der Waals surface area (Å²) in [6.07, 6.45) is -23.6. The summed E-state index contributed by atoms with van der Waals surface area (Å²) in [5.74, 6) is -3.59. The number of hydrogen-bond acceptors (Lipinski definition) is 3. The van der Waals surface area contributed by atoms with Crippen LogP contribution in [0.15, 0.2) is 36.4 Å². The van der Waals surface area contributed by atoms with Gasteiger partial charge >= 0.3 is 30.9 Å². The summed E-state index contributed by atoms with van der Waals surface area (Å²) in [6.45, 7) is 0. The molecule has 2 rings (SSSR count). The maximum absolute atomic E-state index is 13.0. The number of hydrogen-bond donors (Lipinski definition) is 0. The van der Waals surface area contributed by atoms with Crippen LogP contribution >= 0.6 is 0 Å². The highest BCUT2D eigenvalue weighted by Crippen LogP contribution is 2.42. The normalized spacial score (nSPS) is 13.1. The van der Waals surface area contributed by atoms with E-state index in [-0.39, 0.29) is 36.4 Å². The minimum absolute atomic E-state index is 0.00439. The molecule has 3 nitrogen and oxygen atoms in total. The molecule has 2 aromatic rings. The molecule has 0 fully saturated rings. The van der Waals surface area contributed by atoms with Crippen LogP contribution in [0.25, 0.3) is 0 Å². The van der Waals surface area contributed by atoms with Gasteiger partial charge in [-0.15, -0.1) is 0 Å². The van der Waals surface area contributed by atoms with Crippen molar-refractivity contribution in [3.63, 3.8) is 0 Å². The molecule has 0 N–H and O–H groups in total. The highest BCUT2D eigenvalue weighted by Gasteiger charge is 2.40. The predicted octanol–water partition coefficient (Wildman–Crippen LogP) is 7.34. The van der Waals surface area contributed by atoms with Crippen molar-refractivity contribution in [3.8, 4) is 11.5 Å². The minimum atomic E-state index is -5.37. The zero-order valence-electron chi connectivity index (χ0n) is 14.7. The smallest absolute Gasteiger partial charge is 0.394 e. The Morgan fingerprint density at radius 3 is 1.09 bits per heavy atom. The van der Waals surface area contributed by atoms with Crippen molar-refractivity contribution in [1.29, 1.82) is 0 Å². The summed E-state index contributed by atoms with van der Waals surface area (Å²) in [5.41, 5.74) is -7.29. The summed E-state index contributed by atoms with van der Waals surface area (Å²) in [4.78, 5) is 11.7. The average molecular weight is 486 g/mol. The Bertz CT molecular complexity index is 920. The van der Waals surface area contributed by atoms with Gasteiger partial charge < -0.3 is 9.47 Å². The molecule has 0 aliphatic rings. The molecule has 15 heteroatoms. The minimum Gasteiger partial charge on any atom is -0.394 e. The number of halogens is 12. The summed E-state index contributed by atoms with van der Waals surface area (Å²) in [6, 6.07) is -0.791. The molecule has 32 heavy (non-hydrogen) atoms. The summed E-state index contributed by atoms with van der Waals surface area (Å²) < 4.78 is 162. The van der Waals surface area contributed by atoms with Crippen molar-refractivity contribution in [2.45, 2.75) is 24.7 Å². The fraction of sp³-hybridized carbons (Fsp3) is 0.235. The molecule has 0 bridgehead atoms. The van der Waals surface area contributed by atoms with E-state index in [2.05, 4.69) is 9.47 Å². The Kier molecular flexibility index (Phi) is 6.35. The number of ether oxygens (including phenoxy) is 2. The van der Waals surface area contributed by atoms with Gasteiger partial charge in [-0.25, -0.2) is 4.79 Å². The van der Waals surface area contributed by atoms with E-state index >= 15 is 0 Å². The molecular weight excluding hydrogens is 480 g/mol. The number of carbonyl (C=O) groups excluding carboxylic acids is 1. The van der Waals surface area contributed by atoms with Crippen LogP contribution in [0.4, 0.5) is 57.5 Å². The van der Waals surface area contributed by atoms with Gasteiger partial charge in [-0.1, -0.05) is 0 Å². The van der Waals surface area contributed by atoms with Gasteiger partial charge in [0.2, 0.25) is 0 Å². The van der Waals surface area contributed by atoms with Gasteiger partial charge in [-0.05, 0) is 36.4 Å². The largest absolute Gasteiger partial charge is 0.519 e. The number of rotatable bonds is 2. The predicted molar refractivity (Wildman–Crippen MR) is 79.5 cm³/mol. The second-order valence-electron chi connectivity index (χ2n) is 5.87. The third-order valence-electron chi connectivity index (χ3n) is 3.62. The van der Waals surface area contributed by atoms with E-state index in [0.29, 0.717) is 0 Å². The van der Waals surface area contributed by atoms with Crippen LogP contribution in [-0.4, -0.2) is 6.16 Å². The molecule has 0 aliphatic heterocycles. The maximum Gasteiger partial charge on any atom is 0.519 e. The molecular formula is C17H6F12O3. The van der Waals surface area contributed by atoms with Crippen LogP contribution in [-0.2, 0) is 24.7 Å². The lowest BCUT2D eigenvalue weighted by Crippen LogP contribution is -2.20. The van der Waals surface area contributed by atoms with E-state index < -0.39 is 64.6 Å². The van der Waals surface area contributed by atoms with Crippen LogP contribution in [0, 0.1) is 0 Å². The van der Waals surface area contributed by atoms with Crippen LogP contribution in [0.2, 0.25) is 0 Å². The van der Waals surface area contributed by atoms with Crippen LogP contribution in [0.3, 0.4) is 0 Å². The summed E-state index contributed by atoms with van der Waals surface area (Å²) in [5, 5.41) is 0. The van der Waals surface area contributed by atoms with E-state index in [0.717, 1.165) is 0 Å². The average Bonchev–Trinajstić information content (AvgIpc) is 2.58. The zero-order chi connectivity index (χ0) is 24.7. The number of carbonyl (C=O) groups is 1. The molecule has 0 aromatic heterocycles. The molecule has 0 amide bonds. The summed E-state index contributed by atoms with van der Waals surface area (Å²) in [7, 11) is 0. The van der Waals surface area contributed by atoms with Crippen molar-refractivity contribution in [2.24, 2.45) is 0 Å². The lowest BCUT2D eigenvalue weighted by atomic mass is 10.1. The monoisotopic (exact) mass is 486 g/mol. The standard InChI is InChI=1S/C17H6F12O3/c18-14(19,20)7-1-3-9(16(24,25)26)11(5-7)31-13(30)32-12-6-8(15(21,22)23)2-4-10(12)17(27,28)29/h1-6H. The van der Waals surface area contributed by atoms with Gasteiger partial charge in [0.15, 0.2) is 0 Å². The Hall–Kier alpha value is -3.13. The molecule has 0 saturated carbocycles. The van der Waals surface area contributed by atoms with E-state index in [1.807, 2.05) is 0 Å². The van der Waals surface area contributed by atoms with Crippen molar-refractivity contribution in [1.82, 2.24) is 0 Å². The molecule has 0 heterocycles. The first-order valence-electron chi connectivity index (χ1n) is 7.76. The molecule has 0 radical (unpaired) electrons. The Balaban J connectivity index is 2.47. The topological polar surface area (TPSA) is 35.5 Å². The molecule has 0 spiro atoms. The highest BCUT2D eigenvalue weighted by atomic mass is 19.4. The van der Waals surface area contributed by atoms with E-state index in [9.17, 15) is 57.5 Å². The summed E-state index contributed by atoms with van der Waals surface area (Å²) >= 11 is 0. The second-order valence-corrected chi connectivity index (χ2v) is 5.87. The number of alkyl halides is 12. The van der Waals surface area contributed by atoms with Crippen molar-refractivity contribution in [3.05, 3.63) is 58.7 Å². The SMILES string of the molecule is O=C(Oc1cc(C(F)(F)F)ccc1C(F)(F)F)Oc1cc(C(F)(F)F)ccc1C(F)(F)F. The lowest BCUT2D eigenvalue weighted by molar-refractivity contribution is -0.142. The van der Waals surface area contributed by atoms with Gasteiger partial charge in [0.25, 0.3) is 0 Å². The van der Waals surface area contributed by atoms with Crippen molar-refractivity contribution >= 4 is 6.16 Å². The maximum atomic E-state index is 13.0. The first-order chi connectivity index (χ1) is 14.3. The molecule has 0 saturated heterocycles. The Morgan fingerprint density at radius 1 is 0.531 bits per heavy atom. The lowest BCUT2D eigenvalue weighted by Gasteiger charge is -2.17. The van der Waals surface area contributed by atoms with E-state index in [1.165, 1.54) is 0 Å². The second kappa shape index (κ2) is 8.09. The Labute approximate surface area is 169 Å². The van der Waals surface area contributed by atoms with Gasteiger partial charge in [-0.3, -0.25) is 0 Å². The number of benzene rings is 2. The fourth-order valence-electron chi connectivity index (χ4n) is 2.23. The molecule has 0 unspecified atom stereocenters. The molecule has 2 aromatic carbocycles. The van der Waals surface area contributed by atoms with Crippen LogP contribution in [0.5, 0.6) is 11.5 Å². The Morgan fingerprint density at radius 2 is 0.844 bits per heavy atom. The third-order valence-corrected chi connectivity index (χ3v) is 3.62. The molecule has 176 valence electrons. The van der Waals surface area contributed by atoms with Crippen LogP contribution < -0.4 is 9.47 Å². The first kappa shape index (κ1) is 25.1. The van der Waals surface area contributed by atoms with Crippen molar-refractivity contribution in [2.75, 3.05) is 0 Å². The van der Waals surface area contributed by atoms with Gasteiger partial charge in [0.1, 0.15) is 11.5 Å². The van der Waals surface area contributed by atoms with Crippen LogP contribution in [0.1, 0.15) is 22.3 Å². The highest BCUT2D eigenvalue weighted by molar-refractivity contribution is 5.69.